The predicted molar refractivity (Wildman–Crippen MR) is 229 cm³/mol. The Morgan fingerprint density at radius 2 is 0.818 bits per heavy atom. The monoisotopic (exact) mass is 791 g/mol. The topological polar surface area (TPSA) is 106 Å². The van der Waals surface area contributed by atoms with Gasteiger partial charge in [0, 0.05) is 69.3 Å². The number of aromatic nitrogens is 4. The SMILES string of the molecule is [N-]=[N+]=NC1=Cc2nc1c(-c1ccc(Cl)cc1)c1ccc([nH]1)c(-c1ccc(Cl)cc1)c1ccc([nH]1)c(-c1ccc(Cl)cc1)c1nc(c2-c2ccc(Cl)cc2)C=C1. The van der Waals surface area contributed by atoms with E-state index in [1.54, 1.807) is 6.08 Å². The summed E-state index contributed by atoms with van der Waals surface area (Å²) in [5.74, 6) is 0. The molecule has 3 aromatic heterocycles. The highest BCUT2D eigenvalue weighted by atomic mass is 35.5. The first kappa shape index (κ1) is 34.7. The molecule has 0 atom stereocenters. The molecule has 2 aliphatic rings. The summed E-state index contributed by atoms with van der Waals surface area (Å²) in [5.41, 5.74) is 22.7. The molecule has 0 saturated carbocycles. The molecule has 5 heterocycles. The Morgan fingerprint density at radius 1 is 0.436 bits per heavy atom. The number of benzene rings is 4. The lowest BCUT2D eigenvalue weighted by molar-refractivity contribution is 1.27. The number of halogens is 4. The van der Waals surface area contributed by atoms with E-state index in [1.165, 1.54) is 0 Å². The van der Waals surface area contributed by atoms with Crippen LogP contribution in [0, 0.1) is 0 Å². The Balaban J connectivity index is 1.51. The number of hydrogen-bond donors (Lipinski definition) is 2. The fourth-order valence-electron chi connectivity index (χ4n) is 7.07. The smallest absolute Gasteiger partial charge is 0.0832 e. The quantitative estimate of drug-likeness (QED) is 0.103. The number of azide groups is 1. The molecule has 0 aliphatic carbocycles. The number of nitrogens with one attached hydrogen (secondary N) is 2. The number of nitrogens with zero attached hydrogens (tertiary/aromatic N) is 5. The van der Waals surface area contributed by atoms with Crippen LogP contribution in [0.25, 0.3) is 101 Å². The summed E-state index contributed by atoms with van der Waals surface area (Å²) in [6.45, 7) is 0. The molecule has 0 spiro atoms. The number of fused-ring (bicyclic) bond motifs is 8. The summed E-state index contributed by atoms with van der Waals surface area (Å²) >= 11 is 25.5. The van der Waals surface area contributed by atoms with Gasteiger partial charge in [-0.1, -0.05) is 100 Å². The zero-order chi connectivity index (χ0) is 37.6. The van der Waals surface area contributed by atoms with Crippen LogP contribution in [0.4, 0.5) is 0 Å². The molecule has 8 bridgehead atoms. The lowest BCUT2D eigenvalue weighted by Crippen LogP contribution is -1.91. The molecule has 7 aromatic rings. The molecule has 0 unspecified atom stereocenters. The van der Waals surface area contributed by atoms with Crippen molar-refractivity contribution in [1.29, 1.82) is 0 Å². The molecule has 7 nitrogen and oxygen atoms in total. The highest BCUT2D eigenvalue weighted by molar-refractivity contribution is 6.31. The van der Waals surface area contributed by atoms with Crippen molar-refractivity contribution in [2.45, 2.75) is 0 Å². The van der Waals surface area contributed by atoms with Gasteiger partial charge in [0.2, 0.25) is 0 Å². The lowest BCUT2D eigenvalue weighted by atomic mass is 10.0. The Kier molecular flexibility index (Phi) is 9.03. The molecular weight excluding hydrogens is 768 g/mol. The van der Waals surface area contributed by atoms with Crippen LogP contribution in [0.15, 0.2) is 126 Å². The molecule has 0 amide bonds. The van der Waals surface area contributed by atoms with E-state index >= 15 is 0 Å². The average Bonchev–Trinajstić information content (AvgIpc) is 4.02. The van der Waals surface area contributed by atoms with Crippen LogP contribution >= 0.6 is 46.4 Å². The fourth-order valence-corrected chi connectivity index (χ4v) is 7.57. The second kappa shape index (κ2) is 14.3. The first-order chi connectivity index (χ1) is 26.8. The largest absolute Gasteiger partial charge is 0.354 e. The molecule has 9 rings (SSSR count). The van der Waals surface area contributed by atoms with Gasteiger partial charge in [-0.05, 0) is 119 Å². The third-order valence-corrected chi connectivity index (χ3v) is 10.5. The van der Waals surface area contributed by atoms with Crippen molar-refractivity contribution in [3.05, 3.63) is 175 Å². The summed E-state index contributed by atoms with van der Waals surface area (Å²) in [6, 6.07) is 38.6. The van der Waals surface area contributed by atoms with Crippen LogP contribution in [0.1, 0.15) is 22.8 Å². The molecule has 11 heteroatoms. The zero-order valence-electron chi connectivity index (χ0n) is 28.5. The van der Waals surface area contributed by atoms with Gasteiger partial charge in [0.15, 0.2) is 0 Å². The maximum Gasteiger partial charge on any atom is 0.0832 e. The van der Waals surface area contributed by atoms with Gasteiger partial charge in [-0.25, -0.2) is 9.97 Å². The van der Waals surface area contributed by atoms with E-state index in [2.05, 4.69) is 32.1 Å². The zero-order valence-corrected chi connectivity index (χ0v) is 31.6. The van der Waals surface area contributed by atoms with Gasteiger partial charge in [-0.3, -0.25) is 0 Å². The van der Waals surface area contributed by atoms with Gasteiger partial charge in [0.1, 0.15) is 0 Å². The van der Waals surface area contributed by atoms with E-state index in [1.807, 2.05) is 121 Å². The molecule has 0 saturated heterocycles. The second-order valence-corrected chi connectivity index (χ2v) is 14.6. The van der Waals surface area contributed by atoms with Crippen LogP contribution in [0.5, 0.6) is 0 Å². The van der Waals surface area contributed by atoms with E-state index in [-0.39, 0.29) is 0 Å². The van der Waals surface area contributed by atoms with Gasteiger partial charge in [-0.2, -0.15) is 0 Å². The molecule has 2 N–H and O–H groups in total. The lowest BCUT2D eigenvalue weighted by Gasteiger charge is -2.08. The Morgan fingerprint density at radius 3 is 1.29 bits per heavy atom. The van der Waals surface area contributed by atoms with Crippen molar-refractivity contribution in [3.8, 4) is 44.5 Å². The third kappa shape index (κ3) is 6.59. The first-order valence-electron chi connectivity index (χ1n) is 17.1. The van der Waals surface area contributed by atoms with E-state index in [9.17, 15) is 5.53 Å². The Labute approximate surface area is 334 Å². The molecule has 0 radical (unpaired) electrons. The van der Waals surface area contributed by atoms with E-state index < -0.39 is 0 Å². The maximum atomic E-state index is 9.85. The number of aromatic amines is 2. The Hall–Kier alpha value is -6.05. The third-order valence-electron chi connectivity index (χ3n) is 9.53. The van der Waals surface area contributed by atoms with Gasteiger partial charge in [-0.15, -0.1) is 0 Å². The average molecular weight is 794 g/mol. The minimum absolute atomic E-state index is 0.352. The number of H-pyrrole nitrogens is 2. The minimum atomic E-state index is 0.352. The van der Waals surface area contributed by atoms with Crippen molar-refractivity contribution in [2.75, 3.05) is 0 Å². The second-order valence-electron chi connectivity index (χ2n) is 12.9. The van der Waals surface area contributed by atoms with Gasteiger partial charge in [0.05, 0.1) is 28.5 Å². The predicted octanol–water partition coefficient (Wildman–Crippen LogP) is 14.6. The molecule has 4 aromatic carbocycles. The molecule has 264 valence electrons. The summed E-state index contributed by atoms with van der Waals surface area (Å²) in [6.07, 6.45) is 5.78. The van der Waals surface area contributed by atoms with Crippen LogP contribution in [-0.2, 0) is 0 Å². The van der Waals surface area contributed by atoms with Crippen LogP contribution in [0.3, 0.4) is 0 Å². The Bertz CT molecular complexity index is 2940. The van der Waals surface area contributed by atoms with Crippen LogP contribution in [-0.4, -0.2) is 19.9 Å². The van der Waals surface area contributed by atoms with Crippen molar-refractivity contribution in [1.82, 2.24) is 19.9 Å². The first-order valence-corrected chi connectivity index (χ1v) is 18.6. The van der Waals surface area contributed by atoms with E-state index in [4.69, 9.17) is 56.4 Å². The molecule has 2 aliphatic heterocycles. The molecule has 55 heavy (non-hydrogen) atoms. The van der Waals surface area contributed by atoms with Gasteiger partial charge in [0.25, 0.3) is 0 Å². The number of rotatable bonds is 5. The van der Waals surface area contributed by atoms with Crippen molar-refractivity contribution < 1.29 is 0 Å². The summed E-state index contributed by atoms with van der Waals surface area (Å²) < 4.78 is 0. The highest BCUT2D eigenvalue weighted by Gasteiger charge is 2.23. The molecule has 0 fully saturated rings. The van der Waals surface area contributed by atoms with Crippen molar-refractivity contribution in [3.63, 3.8) is 0 Å². The van der Waals surface area contributed by atoms with Gasteiger partial charge >= 0.3 is 0 Å². The van der Waals surface area contributed by atoms with Gasteiger partial charge < -0.3 is 9.97 Å². The van der Waals surface area contributed by atoms with E-state index in [0.717, 1.165) is 72.3 Å². The normalized spacial score (nSPS) is 12.0. The minimum Gasteiger partial charge on any atom is -0.354 e. The summed E-state index contributed by atoms with van der Waals surface area (Å²) in [5, 5.41) is 6.62. The van der Waals surface area contributed by atoms with Crippen LogP contribution in [0.2, 0.25) is 20.1 Å². The van der Waals surface area contributed by atoms with Crippen molar-refractivity contribution >= 4 is 92.4 Å². The highest BCUT2D eigenvalue weighted by Crippen LogP contribution is 2.41. The maximum absolute atomic E-state index is 9.85. The van der Waals surface area contributed by atoms with Crippen molar-refractivity contribution in [2.24, 2.45) is 5.11 Å². The van der Waals surface area contributed by atoms with E-state index in [0.29, 0.717) is 42.9 Å². The summed E-state index contributed by atoms with van der Waals surface area (Å²) in [7, 11) is 0. The van der Waals surface area contributed by atoms with Crippen LogP contribution < -0.4 is 0 Å². The number of hydrogen-bond acceptors (Lipinski definition) is 3. The molecular formula is C44H25Cl4N7. The summed E-state index contributed by atoms with van der Waals surface area (Å²) in [4.78, 5) is 21.2. The standard InChI is InChI=1S/C44H25Cl4N7/c45-28-9-1-24(2-10-28)40-32-17-18-33(50-32)41(25-3-11-29(46)12-4-25)35-21-22-37(52-35)43(27-7-15-31(48)16-8-27)44-39(54-55-49)23-38(53-44)42(36-20-19-34(40)51-36)26-5-13-30(47)14-6-26/h1-23,50,52H. The fraction of sp³-hybridized carbons (Fsp3) is 0.